The summed E-state index contributed by atoms with van der Waals surface area (Å²) in [6.07, 6.45) is 0. The van der Waals surface area contributed by atoms with Gasteiger partial charge >= 0.3 is 0 Å². The maximum absolute atomic E-state index is 13.0. The molecule has 0 amide bonds. The van der Waals surface area contributed by atoms with Gasteiger partial charge in [0.15, 0.2) is 0 Å². The zero-order valence-electron chi connectivity index (χ0n) is 12.8. The minimum Gasteiger partial charge on any atom is -0.494 e. The van der Waals surface area contributed by atoms with Crippen LogP contribution < -0.4 is 10.1 Å². The number of hydrogen-bond acceptors (Lipinski definition) is 2. The van der Waals surface area contributed by atoms with Crippen LogP contribution in [0, 0.1) is 5.82 Å². The number of rotatable bonds is 6. The van der Waals surface area contributed by atoms with Gasteiger partial charge in [0.05, 0.1) is 6.61 Å². The molecule has 2 aromatic carbocycles. The van der Waals surface area contributed by atoms with Crippen molar-refractivity contribution in [2.75, 3.05) is 6.61 Å². The Hall–Kier alpha value is -1.87. The van der Waals surface area contributed by atoms with Gasteiger partial charge in [0.25, 0.3) is 0 Å². The molecule has 2 unspecified atom stereocenters. The highest BCUT2D eigenvalue weighted by atomic mass is 19.1. The van der Waals surface area contributed by atoms with Crippen LogP contribution in [0.15, 0.2) is 48.5 Å². The Kier molecular flexibility index (Phi) is 5.34. The van der Waals surface area contributed by atoms with Crippen molar-refractivity contribution in [3.8, 4) is 5.75 Å². The largest absolute Gasteiger partial charge is 0.494 e. The van der Waals surface area contributed by atoms with Crippen LogP contribution in [0.25, 0.3) is 0 Å². The van der Waals surface area contributed by atoms with Crippen molar-refractivity contribution in [1.82, 2.24) is 5.32 Å². The number of benzene rings is 2. The molecule has 2 aromatic rings. The van der Waals surface area contributed by atoms with E-state index in [1.165, 1.54) is 12.1 Å². The number of halogens is 1. The predicted molar refractivity (Wildman–Crippen MR) is 84.0 cm³/mol. The minimum absolute atomic E-state index is 0.135. The van der Waals surface area contributed by atoms with E-state index in [9.17, 15) is 4.39 Å². The summed E-state index contributed by atoms with van der Waals surface area (Å²) in [6, 6.07) is 14.9. The first-order valence-electron chi connectivity index (χ1n) is 7.35. The van der Waals surface area contributed by atoms with Crippen LogP contribution in [-0.4, -0.2) is 6.61 Å². The summed E-state index contributed by atoms with van der Waals surface area (Å²) in [4.78, 5) is 0. The summed E-state index contributed by atoms with van der Waals surface area (Å²) in [6.45, 7) is 6.82. The van der Waals surface area contributed by atoms with E-state index in [1.807, 2.05) is 37.3 Å². The first kappa shape index (κ1) is 15.5. The second-order valence-corrected chi connectivity index (χ2v) is 5.13. The summed E-state index contributed by atoms with van der Waals surface area (Å²) >= 11 is 0. The highest BCUT2D eigenvalue weighted by Gasteiger charge is 2.14. The molecule has 0 spiro atoms. The summed E-state index contributed by atoms with van der Waals surface area (Å²) < 4.78 is 18.6. The van der Waals surface area contributed by atoms with Gasteiger partial charge in [0, 0.05) is 17.6 Å². The maximum Gasteiger partial charge on any atom is 0.124 e. The molecule has 3 heteroatoms. The van der Waals surface area contributed by atoms with Gasteiger partial charge in [-0.3, -0.25) is 0 Å². The number of hydrogen-bond donors (Lipinski definition) is 1. The average Bonchev–Trinajstić information content (AvgIpc) is 2.48. The molecule has 0 aliphatic rings. The molecule has 0 heterocycles. The molecular weight excluding hydrogens is 265 g/mol. The molecule has 112 valence electrons. The van der Waals surface area contributed by atoms with Crippen molar-refractivity contribution < 1.29 is 9.13 Å². The standard InChI is InChI=1S/C18H22FNO/c1-4-21-18-8-6-5-7-17(18)14(3)20-13(2)15-9-11-16(19)12-10-15/h5-14,20H,4H2,1-3H3. The molecule has 1 N–H and O–H groups in total. The van der Waals surface area contributed by atoms with Gasteiger partial charge in [0.1, 0.15) is 11.6 Å². The van der Waals surface area contributed by atoms with Crippen LogP contribution in [-0.2, 0) is 0 Å². The second kappa shape index (κ2) is 7.23. The fourth-order valence-electron chi connectivity index (χ4n) is 2.44. The van der Waals surface area contributed by atoms with Crippen LogP contribution in [0.1, 0.15) is 44.0 Å². The Morgan fingerprint density at radius 2 is 1.67 bits per heavy atom. The maximum atomic E-state index is 13.0. The van der Waals surface area contributed by atoms with Crippen molar-refractivity contribution in [1.29, 1.82) is 0 Å². The fraction of sp³-hybridized carbons (Fsp3) is 0.333. The molecule has 0 aromatic heterocycles. The summed E-state index contributed by atoms with van der Waals surface area (Å²) in [5.41, 5.74) is 2.20. The lowest BCUT2D eigenvalue weighted by molar-refractivity contribution is 0.331. The van der Waals surface area contributed by atoms with Gasteiger partial charge in [-0.25, -0.2) is 4.39 Å². The lowest BCUT2D eigenvalue weighted by Crippen LogP contribution is -2.23. The van der Waals surface area contributed by atoms with E-state index < -0.39 is 0 Å². The van der Waals surface area contributed by atoms with Gasteiger partial charge < -0.3 is 10.1 Å². The number of nitrogens with one attached hydrogen (secondary N) is 1. The molecule has 0 aliphatic carbocycles. The van der Waals surface area contributed by atoms with Crippen LogP contribution in [0.4, 0.5) is 4.39 Å². The van der Waals surface area contributed by atoms with Gasteiger partial charge in [0.2, 0.25) is 0 Å². The molecule has 0 saturated heterocycles. The predicted octanol–water partition coefficient (Wildman–Crippen LogP) is 4.64. The van der Waals surface area contributed by atoms with Crippen LogP contribution >= 0.6 is 0 Å². The Labute approximate surface area is 126 Å². The molecule has 2 atom stereocenters. The molecule has 2 rings (SSSR count). The summed E-state index contributed by atoms with van der Waals surface area (Å²) in [7, 11) is 0. The Morgan fingerprint density at radius 3 is 2.33 bits per heavy atom. The van der Waals surface area contributed by atoms with Gasteiger partial charge in [-0.1, -0.05) is 30.3 Å². The molecule has 0 radical (unpaired) electrons. The quantitative estimate of drug-likeness (QED) is 0.836. The SMILES string of the molecule is CCOc1ccccc1C(C)NC(C)c1ccc(F)cc1. The van der Waals surface area contributed by atoms with Crippen LogP contribution in [0.2, 0.25) is 0 Å². The third-order valence-electron chi connectivity index (χ3n) is 3.56. The van der Waals surface area contributed by atoms with Crippen LogP contribution in [0.3, 0.4) is 0 Å². The lowest BCUT2D eigenvalue weighted by Gasteiger charge is -2.22. The van der Waals surface area contributed by atoms with E-state index in [1.54, 1.807) is 0 Å². The van der Waals surface area contributed by atoms with Crippen molar-refractivity contribution in [3.63, 3.8) is 0 Å². The molecule has 0 saturated carbocycles. The highest BCUT2D eigenvalue weighted by Crippen LogP contribution is 2.27. The zero-order valence-corrected chi connectivity index (χ0v) is 12.8. The van der Waals surface area contributed by atoms with Crippen LogP contribution in [0.5, 0.6) is 5.75 Å². The van der Waals surface area contributed by atoms with E-state index in [0.717, 1.165) is 16.9 Å². The topological polar surface area (TPSA) is 21.3 Å². The van der Waals surface area contributed by atoms with Crippen molar-refractivity contribution in [2.45, 2.75) is 32.9 Å². The van der Waals surface area contributed by atoms with E-state index in [4.69, 9.17) is 4.74 Å². The Bertz CT molecular complexity index is 568. The lowest BCUT2D eigenvalue weighted by atomic mass is 10.0. The number of ether oxygens (including phenoxy) is 1. The van der Waals surface area contributed by atoms with E-state index in [0.29, 0.717) is 6.61 Å². The average molecular weight is 287 g/mol. The summed E-state index contributed by atoms with van der Waals surface area (Å²) in [5, 5.41) is 3.53. The van der Waals surface area contributed by atoms with E-state index in [2.05, 4.69) is 25.2 Å². The fourth-order valence-corrected chi connectivity index (χ4v) is 2.44. The van der Waals surface area contributed by atoms with Gasteiger partial charge in [-0.05, 0) is 44.5 Å². The van der Waals surface area contributed by atoms with Crippen molar-refractivity contribution in [2.24, 2.45) is 0 Å². The normalized spacial score (nSPS) is 13.7. The molecule has 0 aliphatic heterocycles. The first-order valence-corrected chi connectivity index (χ1v) is 7.35. The van der Waals surface area contributed by atoms with E-state index >= 15 is 0 Å². The zero-order chi connectivity index (χ0) is 15.2. The second-order valence-electron chi connectivity index (χ2n) is 5.13. The first-order chi connectivity index (χ1) is 10.1. The van der Waals surface area contributed by atoms with Crippen molar-refractivity contribution >= 4 is 0 Å². The summed E-state index contributed by atoms with van der Waals surface area (Å²) in [5.74, 6) is 0.701. The smallest absolute Gasteiger partial charge is 0.124 e. The number of para-hydroxylation sites is 1. The highest BCUT2D eigenvalue weighted by molar-refractivity contribution is 5.36. The third-order valence-corrected chi connectivity index (χ3v) is 3.56. The van der Waals surface area contributed by atoms with E-state index in [-0.39, 0.29) is 17.9 Å². The molecular formula is C18H22FNO. The van der Waals surface area contributed by atoms with Gasteiger partial charge in [-0.15, -0.1) is 0 Å². The Balaban J connectivity index is 2.10. The molecule has 0 bridgehead atoms. The molecule has 21 heavy (non-hydrogen) atoms. The molecule has 2 nitrogen and oxygen atoms in total. The van der Waals surface area contributed by atoms with Gasteiger partial charge in [-0.2, -0.15) is 0 Å². The monoisotopic (exact) mass is 287 g/mol. The third kappa shape index (κ3) is 4.05. The Morgan fingerprint density at radius 1 is 1.00 bits per heavy atom. The minimum atomic E-state index is -0.208. The molecule has 0 fully saturated rings. The van der Waals surface area contributed by atoms with Crippen molar-refractivity contribution in [3.05, 3.63) is 65.5 Å².